The van der Waals surface area contributed by atoms with E-state index in [-0.39, 0.29) is 29.4 Å². The van der Waals surface area contributed by atoms with Crippen LogP contribution in [0.1, 0.15) is 17.9 Å². The summed E-state index contributed by atoms with van der Waals surface area (Å²) in [6.45, 7) is 0. The summed E-state index contributed by atoms with van der Waals surface area (Å²) in [5.41, 5.74) is 0.0209. The summed E-state index contributed by atoms with van der Waals surface area (Å²) in [6, 6.07) is 9.99. The van der Waals surface area contributed by atoms with Crippen LogP contribution in [-0.2, 0) is 9.59 Å². The van der Waals surface area contributed by atoms with E-state index in [1.807, 2.05) is 0 Å². The molecule has 4 rings (SSSR count). The number of nitrogens with zero attached hydrogens (tertiary/aromatic N) is 1. The highest BCUT2D eigenvalue weighted by molar-refractivity contribution is 6.36. The maximum Gasteiger partial charge on any atom is 0.258 e. The number of hydrogen-bond donors (Lipinski definition) is 4. The minimum Gasteiger partial charge on any atom is -0.325 e. The largest absolute Gasteiger partial charge is 0.325 e. The van der Waals surface area contributed by atoms with Crippen molar-refractivity contribution in [3.05, 3.63) is 74.2 Å². The molecule has 2 aromatic carbocycles. The lowest BCUT2D eigenvalue weighted by atomic mass is 9.92. The predicted octanol–water partition coefficient (Wildman–Crippen LogP) is 4.02. The van der Waals surface area contributed by atoms with E-state index in [1.54, 1.807) is 12.1 Å². The van der Waals surface area contributed by atoms with E-state index < -0.39 is 29.1 Å². The number of carbonyl (C=O) groups is 2. The van der Waals surface area contributed by atoms with Crippen LogP contribution in [0, 0.1) is 5.82 Å². The third-order valence-electron chi connectivity index (χ3n) is 4.54. The number of aromatic amines is 1. The lowest BCUT2D eigenvalue weighted by molar-refractivity contribution is -0.123. The molecule has 1 aliphatic rings. The molecule has 1 aromatic heterocycles. The fraction of sp³-hybridized carbons (Fsp3) is 0.100. The van der Waals surface area contributed by atoms with Gasteiger partial charge in [-0.25, -0.2) is 4.39 Å². The highest BCUT2D eigenvalue weighted by Crippen LogP contribution is 2.31. The number of amides is 2. The van der Waals surface area contributed by atoms with Crippen LogP contribution in [-0.4, -0.2) is 21.8 Å². The van der Waals surface area contributed by atoms with Crippen LogP contribution in [0.4, 0.5) is 27.5 Å². The molecule has 31 heavy (non-hydrogen) atoms. The van der Waals surface area contributed by atoms with Crippen molar-refractivity contribution in [2.45, 2.75) is 12.3 Å². The topological polar surface area (TPSA) is 116 Å². The van der Waals surface area contributed by atoms with Gasteiger partial charge in [-0.15, -0.1) is 0 Å². The Labute approximate surface area is 184 Å². The molecule has 1 atom stereocenters. The summed E-state index contributed by atoms with van der Waals surface area (Å²) in [5, 5.41) is 8.60. The number of nitrogens with one attached hydrogen (secondary N) is 4. The first-order valence-electron chi connectivity index (χ1n) is 9.03. The van der Waals surface area contributed by atoms with Crippen molar-refractivity contribution < 1.29 is 14.0 Å². The second-order valence-electron chi connectivity index (χ2n) is 6.73. The van der Waals surface area contributed by atoms with Gasteiger partial charge in [0.25, 0.3) is 5.56 Å². The van der Waals surface area contributed by atoms with Crippen molar-refractivity contribution in [2.75, 3.05) is 16.0 Å². The maximum absolute atomic E-state index is 13.4. The smallest absolute Gasteiger partial charge is 0.258 e. The molecule has 0 aliphatic carbocycles. The monoisotopic (exact) mass is 461 g/mol. The normalized spacial score (nSPS) is 15.1. The van der Waals surface area contributed by atoms with Gasteiger partial charge in [0, 0.05) is 17.1 Å². The molecule has 3 aromatic rings. The predicted molar refractivity (Wildman–Crippen MR) is 116 cm³/mol. The Kier molecular flexibility index (Phi) is 5.62. The molecule has 0 spiro atoms. The van der Waals surface area contributed by atoms with Gasteiger partial charge >= 0.3 is 0 Å². The number of carbonyl (C=O) groups excluding carboxylic acids is 2. The van der Waals surface area contributed by atoms with Crippen molar-refractivity contribution >= 4 is 58.2 Å². The van der Waals surface area contributed by atoms with Crippen molar-refractivity contribution in [1.82, 2.24) is 9.97 Å². The number of benzene rings is 2. The molecule has 0 radical (unpaired) electrons. The molecule has 0 fully saturated rings. The third-order valence-corrected chi connectivity index (χ3v) is 5.09. The molecule has 4 N–H and O–H groups in total. The number of anilines is 4. The summed E-state index contributed by atoms with van der Waals surface area (Å²) in [5.74, 6) is -2.78. The van der Waals surface area contributed by atoms with Gasteiger partial charge in [0.2, 0.25) is 17.8 Å². The minimum atomic E-state index is -1.10. The number of H-pyrrole nitrogens is 1. The number of rotatable bonds is 4. The fourth-order valence-corrected chi connectivity index (χ4v) is 3.62. The molecular formula is C20H14Cl2FN5O3. The summed E-state index contributed by atoms with van der Waals surface area (Å²) in [7, 11) is 0. The van der Waals surface area contributed by atoms with Crippen molar-refractivity contribution in [3.63, 3.8) is 0 Å². The third kappa shape index (κ3) is 4.52. The number of halogens is 3. The van der Waals surface area contributed by atoms with Crippen LogP contribution < -0.4 is 21.5 Å². The van der Waals surface area contributed by atoms with Crippen LogP contribution in [0.5, 0.6) is 0 Å². The van der Waals surface area contributed by atoms with Gasteiger partial charge in [-0.3, -0.25) is 19.4 Å². The number of hydrogen-bond acceptors (Lipinski definition) is 5. The van der Waals surface area contributed by atoms with Gasteiger partial charge in [0.05, 0.1) is 22.2 Å². The van der Waals surface area contributed by atoms with Crippen LogP contribution in [0.15, 0.2) is 47.3 Å². The highest BCUT2D eigenvalue weighted by atomic mass is 35.5. The lowest BCUT2D eigenvalue weighted by Gasteiger charge is -2.23. The minimum absolute atomic E-state index is 0.00116. The van der Waals surface area contributed by atoms with Crippen molar-refractivity contribution in [2.24, 2.45) is 0 Å². The molecular weight excluding hydrogens is 448 g/mol. The average Bonchev–Trinajstić information content (AvgIpc) is 2.69. The standard InChI is InChI=1S/C20H14Cl2FN5O3/c21-9-4-5-14(13(22)6-9)25-20-27-17-16(19(31)28-20)12(8-15(29)26-17)18(30)24-11-3-1-2-10(23)7-11/h1-7,12H,8H2,(H,24,30)(H3,25,26,27,28,29,31). The molecule has 11 heteroatoms. The van der Waals surface area contributed by atoms with Crippen LogP contribution in [0.25, 0.3) is 0 Å². The SMILES string of the molecule is O=C1CC(C(=O)Nc2cccc(F)c2)c2c(nc(Nc3ccc(Cl)cc3Cl)[nH]c2=O)N1. The van der Waals surface area contributed by atoms with Gasteiger partial charge in [0.1, 0.15) is 11.6 Å². The quantitative estimate of drug-likeness (QED) is 0.468. The Morgan fingerprint density at radius 3 is 2.71 bits per heavy atom. The van der Waals surface area contributed by atoms with Crippen LogP contribution >= 0.6 is 23.2 Å². The van der Waals surface area contributed by atoms with Gasteiger partial charge in [-0.05, 0) is 36.4 Å². The summed E-state index contributed by atoms with van der Waals surface area (Å²) in [6.07, 6.45) is -0.255. The van der Waals surface area contributed by atoms with Crippen molar-refractivity contribution in [1.29, 1.82) is 0 Å². The summed E-state index contributed by atoms with van der Waals surface area (Å²) < 4.78 is 13.4. The van der Waals surface area contributed by atoms with E-state index in [1.165, 1.54) is 24.3 Å². The van der Waals surface area contributed by atoms with Gasteiger partial charge in [-0.2, -0.15) is 4.98 Å². The first-order chi connectivity index (χ1) is 14.8. The van der Waals surface area contributed by atoms with Crippen molar-refractivity contribution in [3.8, 4) is 0 Å². The molecule has 1 aliphatic heterocycles. The van der Waals surface area contributed by atoms with Gasteiger partial charge in [-0.1, -0.05) is 29.3 Å². The molecule has 2 amide bonds. The molecule has 8 nitrogen and oxygen atoms in total. The number of fused-ring (bicyclic) bond motifs is 1. The Morgan fingerprint density at radius 1 is 1.16 bits per heavy atom. The molecule has 1 unspecified atom stereocenters. The maximum atomic E-state index is 13.4. The molecule has 0 saturated carbocycles. The highest BCUT2D eigenvalue weighted by Gasteiger charge is 2.34. The van der Waals surface area contributed by atoms with E-state index in [4.69, 9.17) is 23.2 Å². The summed E-state index contributed by atoms with van der Waals surface area (Å²) >= 11 is 12.0. The van der Waals surface area contributed by atoms with E-state index in [0.29, 0.717) is 15.7 Å². The zero-order valence-electron chi connectivity index (χ0n) is 15.6. The van der Waals surface area contributed by atoms with E-state index >= 15 is 0 Å². The van der Waals surface area contributed by atoms with Crippen LogP contribution in [0.2, 0.25) is 10.0 Å². The van der Waals surface area contributed by atoms with Gasteiger partial charge < -0.3 is 16.0 Å². The molecule has 0 bridgehead atoms. The lowest BCUT2D eigenvalue weighted by Crippen LogP contribution is -2.36. The average molecular weight is 462 g/mol. The first-order valence-corrected chi connectivity index (χ1v) is 9.78. The molecule has 0 saturated heterocycles. The second-order valence-corrected chi connectivity index (χ2v) is 7.57. The van der Waals surface area contributed by atoms with Gasteiger partial charge in [0.15, 0.2) is 0 Å². The second kappa shape index (κ2) is 8.37. The molecule has 158 valence electrons. The summed E-state index contributed by atoms with van der Waals surface area (Å²) in [4.78, 5) is 44.4. The molecule has 2 heterocycles. The van der Waals surface area contributed by atoms with E-state index in [2.05, 4.69) is 25.9 Å². The Morgan fingerprint density at radius 2 is 1.97 bits per heavy atom. The zero-order valence-corrected chi connectivity index (χ0v) is 17.1. The first kappa shape index (κ1) is 20.8. The van der Waals surface area contributed by atoms with E-state index in [0.717, 1.165) is 6.07 Å². The van der Waals surface area contributed by atoms with Crippen LogP contribution in [0.3, 0.4) is 0 Å². The number of aromatic nitrogens is 2. The fourth-order valence-electron chi connectivity index (χ4n) is 3.17. The van der Waals surface area contributed by atoms with E-state index in [9.17, 15) is 18.8 Å². The zero-order chi connectivity index (χ0) is 22.1. The Hall–Kier alpha value is -3.43. The Bertz CT molecular complexity index is 1260. The Balaban J connectivity index is 1.65.